The largest absolute Gasteiger partial charge is 0.387 e. The fraction of sp³-hybridized carbons (Fsp3) is 0.643. The molecular formula is C14H24N4O. The SMILES string of the molecule is CN(C)C[C@@]1(O)CCCN(Cc2cccnc2N)C1. The van der Waals surface area contributed by atoms with Gasteiger partial charge in [0, 0.05) is 31.4 Å². The Kier molecular flexibility index (Phi) is 4.39. The number of likely N-dealkylation sites (N-methyl/N-ethyl adjacent to an activating group) is 1. The van der Waals surface area contributed by atoms with Crippen LogP contribution < -0.4 is 5.73 Å². The number of anilines is 1. The van der Waals surface area contributed by atoms with Gasteiger partial charge < -0.3 is 15.7 Å². The minimum atomic E-state index is -0.612. The fourth-order valence-electron chi connectivity index (χ4n) is 2.88. The third kappa shape index (κ3) is 3.89. The van der Waals surface area contributed by atoms with E-state index in [1.165, 1.54) is 0 Å². The molecule has 1 aromatic rings. The van der Waals surface area contributed by atoms with E-state index in [-0.39, 0.29) is 0 Å². The number of hydrogen-bond donors (Lipinski definition) is 2. The Morgan fingerprint density at radius 2 is 2.32 bits per heavy atom. The summed E-state index contributed by atoms with van der Waals surface area (Å²) in [5, 5.41) is 10.6. The molecule has 0 spiro atoms. The van der Waals surface area contributed by atoms with Crippen LogP contribution in [0.2, 0.25) is 0 Å². The second kappa shape index (κ2) is 5.86. The van der Waals surface area contributed by atoms with Crippen LogP contribution in [0.1, 0.15) is 18.4 Å². The highest BCUT2D eigenvalue weighted by molar-refractivity contribution is 5.38. The van der Waals surface area contributed by atoms with Crippen LogP contribution in [-0.4, -0.2) is 59.2 Å². The van der Waals surface area contributed by atoms with Crippen molar-refractivity contribution in [2.45, 2.75) is 25.0 Å². The summed E-state index contributed by atoms with van der Waals surface area (Å²) in [6, 6.07) is 3.91. The van der Waals surface area contributed by atoms with Crippen molar-refractivity contribution in [3.8, 4) is 0 Å². The highest BCUT2D eigenvalue weighted by Gasteiger charge is 2.33. The monoisotopic (exact) mass is 264 g/mol. The summed E-state index contributed by atoms with van der Waals surface area (Å²) in [6.45, 7) is 3.16. The van der Waals surface area contributed by atoms with Gasteiger partial charge in [-0.15, -0.1) is 0 Å². The fourth-order valence-corrected chi connectivity index (χ4v) is 2.88. The Bertz CT molecular complexity index is 424. The van der Waals surface area contributed by atoms with Crippen molar-refractivity contribution in [2.75, 3.05) is 39.5 Å². The Hall–Kier alpha value is -1.17. The molecule has 1 aliphatic heterocycles. The highest BCUT2D eigenvalue weighted by Crippen LogP contribution is 2.24. The first-order valence-electron chi connectivity index (χ1n) is 6.77. The molecule has 1 fully saturated rings. The van der Waals surface area contributed by atoms with Gasteiger partial charge in [-0.05, 0) is 39.5 Å². The minimum Gasteiger partial charge on any atom is -0.387 e. The molecule has 3 N–H and O–H groups in total. The maximum atomic E-state index is 10.6. The first-order chi connectivity index (χ1) is 8.98. The van der Waals surface area contributed by atoms with Crippen molar-refractivity contribution < 1.29 is 5.11 Å². The van der Waals surface area contributed by atoms with E-state index in [4.69, 9.17) is 5.73 Å². The number of nitrogen functional groups attached to an aromatic ring is 1. The van der Waals surface area contributed by atoms with Gasteiger partial charge >= 0.3 is 0 Å². The van der Waals surface area contributed by atoms with E-state index in [1.807, 2.05) is 31.1 Å². The summed E-state index contributed by atoms with van der Waals surface area (Å²) in [5.74, 6) is 0.587. The van der Waals surface area contributed by atoms with E-state index in [1.54, 1.807) is 6.20 Å². The van der Waals surface area contributed by atoms with Gasteiger partial charge in [0.2, 0.25) is 0 Å². The smallest absolute Gasteiger partial charge is 0.127 e. The second-order valence-electron chi connectivity index (χ2n) is 5.82. The second-order valence-corrected chi connectivity index (χ2v) is 5.82. The number of aromatic nitrogens is 1. The van der Waals surface area contributed by atoms with Gasteiger partial charge in [-0.3, -0.25) is 4.90 Å². The maximum Gasteiger partial charge on any atom is 0.127 e. The molecule has 0 unspecified atom stereocenters. The summed E-state index contributed by atoms with van der Waals surface area (Å²) in [5.41, 5.74) is 6.30. The Balaban J connectivity index is 2.00. The van der Waals surface area contributed by atoms with Crippen LogP contribution in [0.4, 0.5) is 5.82 Å². The molecule has 106 valence electrons. The number of hydrogen-bond acceptors (Lipinski definition) is 5. The lowest BCUT2D eigenvalue weighted by Gasteiger charge is -2.40. The molecule has 1 aliphatic rings. The van der Waals surface area contributed by atoms with Gasteiger partial charge in [0.25, 0.3) is 0 Å². The number of pyridine rings is 1. The van der Waals surface area contributed by atoms with E-state index in [0.29, 0.717) is 18.9 Å². The summed E-state index contributed by atoms with van der Waals surface area (Å²) in [7, 11) is 3.99. The average molecular weight is 264 g/mol. The summed E-state index contributed by atoms with van der Waals surface area (Å²) in [6.07, 6.45) is 3.59. The van der Waals surface area contributed by atoms with Crippen LogP contribution >= 0.6 is 0 Å². The van der Waals surface area contributed by atoms with E-state index < -0.39 is 5.60 Å². The predicted octanol–water partition coefficient (Wildman–Crippen LogP) is 0.552. The quantitative estimate of drug-likeness (QED) is 0.831. The molecule has 5 heteroatoms. The van der Waals surface area contributed by atoms with Crippen LogP contribution in [0, 0.1) is 0 Å². The zero-order chi connectivity index (χ0) is 13.9. The molecule has 0 amide bonds. The summed E-state index contributed by atoms with van der Waals surface area (Å²) >= 11 is 0. The number of likely N-dealkylation sites (tertiary alicyclic amines) is 1. The molecule has 0 radical (unpaired) electrons. The number of rotatable bonds is 4. The first-order valence-corrected chi connectivity index (χ1v) is 6.77. The van der Waals surface area contributed by atoms with Crippen LogP contribution in [0.5, 0.6) is 0 Å². The van der Waals surface area contributed by atoms with E-state index in [0.717, 1.165) is 31.5 Å². The molecule has 2 rings (SSSR count). The van der Waals surface area contributed by atoms with Crippen molar-refractivity contribution >= 4 is 5.82 Å². The lowest BCUT2D eigenvalue weighted by Crippen LogP contribution is -2.52. The van der Waals surface area contributed by atoms with Gasteiger partial charge in [-0.1, -0.05) is 6.07 Å². The van der Waals surface area contributed by atoms with Gasteiger partial charge in [0.1, 0.15) is 5.82 Å². The van der Waals surface area contributed by atoms with Crippen molar-refractivity contribution in [3.05, 3.63) is 23.9 Å². The summed E-state index contributed by atoms with van der Waals surface area (Å²) in [4.78, 5) is 8.42. The lowest BCUT2D eigenvalue weighted by molar-refractivity contribution is -0.0479. The normalized spacial score (nSPS) is 24.8. The lowest BCUT2D eigenvalue weighted by atomic mass is 9.92. The maximum absolute atomic E-state index is 10.6. The van der Waals surface area contributed by atoms with E-state index >= 15 is 0 Å². The molecule has 1 atom stereocenters. The number of aliphatic hydroxyl groups is 1. The minimum absolute atomic E-state index is 0.587. The third-order valence-electron chi connectivity index (χ3n) is 3.56. The standard InChI is InChI=1S/C14H24N4O/c1-17(2)10-14(19)6-4-8-18(11-14)9-12-5-3-7-16-13(12)15/h3,5,7,19H,4,6,8-11H2,1-2H3,(H2,15,16)/t14-/m0/s1. The Morgan fingerprint density at radius 1 is 1.53 bits per heavy atom. The van der Waals surface area contributed by atoms with Crippen LogP contribution in [0.15, 0.2) is 18.3 Å². The molecule has 1 saturated heterocycles. The van der Waals surface area contributed by atoms with Crippen LogP contribution in [-0.2, 0) is 6.54 Å². The molecule has 0 aliphatic carbocycles. The van der Waals surface area contributed by atoms with E-state index in [9.17, 15) is 5.11 Å². The van der Waals surface area contributed by atoms with Gasteiger partial charge in [-0.25, -0.2) is 4.98 Å². The number of nitrogens with two attached hydrogens (primary N) is 1. The zero-order valence-corrected chi connectivity index (χ0v) is 11.8. The summed E-state index contributed by atoms with van der Waals surface area (Å²) < 4.78 is 0. The molecule has 1 aromatic heterocycles. The molecule has 0 saturated carbocycles. The van der Waals surface area contributed by atoms with Crippen molar-refractivity contribution in [1.82, 2.24) is 14.8 Å². The molecule has 2 heterocycles. The van der Waals surface area contributed by atoms with E-state index in [2.05, 4.69) is 9.88 Å². The van der Waals surface area contributed by atoms with Crippen LogP contribution in [0.3, 0.4) is 0 Å². The molecule has 19 heavy (non-hydrogen) atoms. The van der Waals surface area contributed by atoms with Crippen molar-refractivity contribution in [1.29, 1.82) is 0 Å². The number of β-amino-alcohol motifs (C(OH)–C–C–N with tert-alkyl or cyclic N) is 1. The van der Waals surface area contributed by atoms with Crippen molar-refractivity contribution in [3.63, 3.8) is 0 Å². The van der Waals surface area contributed by atoms with Crippen molar-refractivity contribution in [2.24, 2.45) is 0 Å². The highest BCUT2D eigenvalue weighted by atomic mass is 16.3. The van der Waals surface area contributed by atoms with Gasteiger partial charge in [0.15, 0.2) is 0 Å². The molecule has 0 aromatic carbocycles. The van der Waals surface area contributed by atoms with Gasteiger partial charge in [0.05, 0.1) is 5.60 Å². The zero-order valence-electron chi connectivity index (χ0n) is 11.8. The molecule has 0 bridgehead atoms. The predicted molar refractivity (Wildman–Crippen MR) is 76.7 cm³/mol. The third-order valence-corrected chi connectivity index (χ3v) is 3.56. The number of nitrogens with zero attached hydrogens (tertiary/aromatic N) is 3. The Morgan fingerprint density at radius 3 is 3.00 bits per heavy atom. The average Bonchev–Trinajstić information content (AvgIpc) is 2.30. The molecule has 5 nitrogen and oxygen atoms in total. The van der Waals surface area contributed by atoms with Crippen LogP contribution in [0.25, 0.3) is 0 Å². The van der Waals surface area contributed by atoms with Gasteiger partial charge in [-0.2, -0.15) is 0 Å². The molecular weight excluding hydrogens is 240 g/mol. The number of piperidine rings is 1. The first kappa shape index (κ1) is 14.2. The topological polar surface area (TPSA) is 65.6 Å². The Labute approximate surface area is 115 Å².